The van der Waals surface area contributed by atoms with Gasteiger partial charge in [0.15, 0.2) is 5.41 Å². The van der Waals surface area contributed by atoms with Gasteiger partial charge in [-0.05, 0) is 24.3 Å². The highest BCUT2D eigenvalue weighted by molar-refractivity contribution is 7.99. The fourth-order valence-electron chi connectivity index (χ4n) is 1.52. The van der Waals surface area contributed by atoms with Crippen LogP contribution in [0, 0.1) is 5.41 Å². The van der Waals surface area contributed by atoms with Crippen LogP contribution in [0.15, 0.2) is 0 Å². The number of rotatable bonds is 1. The molecule has 0 N–H and O–H groups in total. The van der Waals surface area contributed by atoms with Gasteiger partial charge in [-0.3, -0.25) is 4.79 Å². The van der Waals surface area contributed by atoms with Gasteiger partial charge in [-0.15, -0.1) is 0 Å². The van der Waals surface area contributed by atoms with Crippen LogP contribution >= 0.6 is 11.8 Å². The molecule has 1 rings (SSSR count). The summed E-state index contributed by atoms with van der Waals surface area (Å²) in [5, 5.41) is 0. The molecule has 0 unspecified atom stereocenters. The van der Waals surface area contributed by atoms with Gasteiger partial charge in [0.25, 0.3) is 0 Å². The number of carbonyl (C=O) groups excluding carboxylic acids is 1. The summed E-state index contributed by atoms with van der Waals surface area (Å²) in [4.78, 5) is 11.2. The molecule has 0 spiro atoms. The zero-order valence-electron chi connectivity index (χ0n) is 7.69. The Morgan fingerprint density at radius 1 is 1.36 bits per heavy atom. The largest absolute Gasteiger partial charge is 0.468 e. The molecule has 0 aromatic rings. The highest BCUT2D eigenvalue weighted by atomic mass is 32.2. The summed E-state index contributed by atoms with van der Waals surface area (Å²) in [7, 11) is 0.998. The van der Waals surface area contributed by atoms with Crippen LogP contribution in [0.1, 0.15) is 12.8 Å². The molecule has 6 heteroatoms. The predicted octanol–water partition coefficient (Wildman–Crippen LogP) is 2.24. The van der Waals surface area contributed by atoms with Crippen molar-refractivity contribution in [2.45, 2.75) is 19.0 Å². The maximum absolute atomic E-state index is 12.7. The third-order valence-electron chi connectivity index (χ3n) is 2.47. The molecular weight excluding hydrogens is 217 g/mol. The number of methoxy groups -OCH3 is 1. The van der Waals surface area contributed by atoms with E-state index in [9.17, 15) is 18.0 Å². The van der Waals surface area contributed by atoms with E-state index in [1.807, 2.05) is 0 Å². The Labute approximate surface area is 84.2 Å². The van der Waals surface area contributed by atoms with Gasteiger partial charge >= 0.3 is 12.1 Å². The van der Waals surface area contributed by atoms with Crippen LogP contribution in [0.4, 0.5) is 13.2 Å². The van der Waals surface area contributed by atoms with Gasteiger partial charge in [0.2, 0.25) is 0 Å². The third kappa shape index (κ3) is 1.85. The molecule has 2 nitrogen and oxygen atoms in total. The molecule has 0 amide bonds. The van der Waals surface area contributed by atoms with Crippen LogP contribution in [-0.4, -0.2) is 30.8 Å². The van der Waals surface area contributed by atoms with Crippen LogP contribution in [0.2, 0.25) is 0 Å². The molecule has 14 heavy (non-hydrogen) atoms. The molecule has 0 saturated carbocycles. The van der Waals surface area contributed by atoms with E-state index in [0.29, 0.717) is 11.5 Å². The zero-order chi connectivity index (χ0) is 10.8. The summed E-state index contributed by atoms with van der Waals surface area (Å²) in [6.07, 6.45) is -4.84. The summed E-state index contributed by atoms with van der Waals surface area (Å²) < 4.78 is 42.4. The summed E-state index contributed by atoms with van der Waals surface area (Å²) in [6, 6.07) is 0. The Kier molecular flexibility index (Phi) is 3.34. The highest BCUT2D eigenvalue weighted by Crippen LogP contribution is 2.48. The minimum atomic E-state index is -4.50. The Hall–Kier alpha value is -0.390. The van der Waals surface area contributed by atoms with E-state index in [1.54, 1.807) is 0 Å². The second-order valence-electron chi connectivity index (χ2n) is 3.18. The lowest BCUT2D eigenvalue weighted by Crippen LogP contribution is -2.48. The summed E-state index contributed by atoms with van der Waals surface area (Å²) in [6.45, 7) is 0. The Bertz CT molecular complexity index is 221. The average Bonchev–Trinajstić information content (AvgIpc) is 2.16. The van der Waals surface area contributed by atoms with E-state index >= 15 is 0 Å². The first kappa shape index (κ1) is 11.7. The molecular formula is C8H11F3O2S. The van der Waals surface area contributed by atoms with Gasteiger partial charge < -0.3 is 4.74 Å². The third-order valence-corrected chi connectivity index (χ3v) is 3.45. The molecule has 1 saturated heterocycles. The smallest absolute Gasteiger partial charge is 0.404 e. The minimum absolute atomic E-state index is 0.173. The van der Waals surface area contributed by atoms with Crippen LogP contribution in [0.5, 0.6) is 0 Å². The van der Waals surface area contributed by atoms with E-state index < -0.39 is 17.6 Å². The fraction of sp³-hybridized carbons (Fsp3) is 0.875. The molecule has 1 fully saturated rings. The molecule has 0 bridgehead atoms. The lowest BCUT2D eigenvalue weighted by Gasteiger charge is -2.35. The summed E-state index contributed by atoms with van der Waals surface area (Å²) in [5.41, 5.74) is -2.26. The van der Waals surface area contributed by atoms with E-state index in [-0.39, 0.29) is 12.8 Å². The number of halogens is 3. The number of ether oxygens (including phenoxy) is 1. The predicted molar refractivity (Wildman–Crippen MR) is 47.1 cm³/mol. The van der Waals surface area contributed by atoms with Crippen LogP contribution < -0.4 is 0 Å². The average molecular weight is 228 g/mol. The molecule has 0 aliphatic carbocycles. The molecule has 0 aromatic carbocycles. The van der Waals surface area contributed by atoms with Crippen LogP contribution in [-0.2, 0) is 9.53 Å². The Morgan fingerprint density at radius 2 is 1.86 bits per heavy atom. The number of alkyl halides is 3. The maximum Gasteiger partial charge on any atom is 0.404 e. The second kappa shape index (κ2) is 4.00. The van der Waals surface area contributed by atoms with E-state index in [0.717, 1.165) is 7.11 Å². The van der Waals surface area contributed by atoms with Crippen molar-refractivity contribution in [3.8, 4) is 0 Å². The van der Waals surface area contributed by atoms with Crippen molar-refractivity contribution in [1.29, 1.82) is 0 Å². The van der Waals surface area contributed by atoms with Crippen molar-refractivity contribution in [3.05, 3.63) is 0 Å². The number of hydrogen-bond donors (Lipinski definition) is 0. The van der Waals surface area contributed by atoms with Gasteiger partial charge in [0.05, 0.1) is 7.11 Å². The first-order chi connectivity index (χ1) is 6.44. The topological polar surface area (TPSA) is 26.3 Å². The lowest BCUT2D eigenvalue weighted by atomic mass is 9.81. The molecule has 0 radical (unpaired) electrons. The number of carbonyl (C=O) groups is 1. The standard InChI is InChI=1S/C8H11F3O2S/c1-13-6(12)7(8(9,10)11)2-4-14-5-3-7/h2-5H2,1H3. The summed E-state index contributed by atoms with van der Waals surface area (Å²) in [5.74, 6) is -0.436. The first-order valence-corrected chi connectivity index (χ1v) is 5.32. The first-order valence-electron chi connectivity index (χ1n) is 4.17. The van der Waals surface area contributed by atoms with Gasteiger partial charge in [0.1, 0.15) is 0 Å². The van der Waals surface area contributed by atoms with Crippen molar-refractivity contribution < 1.29 is 22.7 Å². The van der Waals surface area contributed by atoms with Crippen molar-refractivity contribution >= 4 is 17.7 Å². The Balaban J connectivity index is 2.94. The normalized spacial score (nSPS) is 21.7. The van der Waals surface area contributed by atoms with Crippen LogP contribution in [0.3, 0.4) is 0 Å². The van der Waals surface area contributed by atoms with Crippen molar-refractivity contribution in [1.82, 2.24) is 0 Å². The molecule has 1 heterocycles. The second-order valence-corrected chi connectivity index (χ2v) is 4.41. The van der Waals surface area contributed by atoms with Gasteiger partial charge in [-0.1, -0.05) is 0 Å². The molecule has 1 aliphatic rings. The zero-order valence-corrected chi connectivity index (χ0v) is 8.50. The number of esters is 1. The van der Waals surface area contributed by atoms with E-state index in [2.05, 4.69) is 4.74 Å². The van der Waals surface area contributed by atoms with Gasteiger partial charge in [0, 0.05) is 0 Å². The van der Waals surface area contributed by atoms with E-state index in [4.69, 9.17) is 0 Å². The monoisotopic (exact) mass is 228 g/mol. The molecule has 0 atom stereocenters. The minimum Gasteiger partial charge on any atom is -0.468 e. The highest BCUT2D eigenvalue weighted by Gasteiger charge is 2.61. The van der Waals surface area contributed by atoms with Gasteiger partial charge in [-0.2, -0.15) is 24.9 Å². The molecule has 82 valence electrons. The Morgan fingerprint density at radius 3 is 2.21 bits per heavy atom. The number of hydrogen-bond acceptors (Lipinski definition) is 3. The molecule has 0 aromatic heterocycles. The fourth-order valence-corrected chi connectivity index (χ4v) is 2.71. The van der Waals surface area contributed by atoms with Crippen molar-refractivity contribution in [2.75, 3.05) is 18.6 Å². The number of thioether (sulfide) groups is 1. The summed E-state index contributed by atoms with van der Waals surface area (Å²) >= 11 is 1.43. The molecule has 1 aliphatic heterocycles. The van der Waals surface area contributed by atoms with Crippen LogP contribution in [0.25, 0.3) is 0 Å². The van der Waals surface area contributed by atoms with Gasteiger partial charge in [-0.25, -0.2) is 0 Å². The van der Waals surface area contributed by atoms with Crippen molar-refractivity contribution in [3.63, 3.8) is 0 Å². The maximum atomic E-state index is 12.7. The van der Waals surface area contributed by atoms with Crippen molar-refractivity contribution in [2.24, 2.45) is 5.41 Å². The lowest BCUT2D eigenvalue weighted by molar-refractivity contribution is -0.235. The SMILES string of the molecule is COC(=O)C1(C(F)(F)F)CCSCC1. The van der Waals surface area contributed by atoms with E-state index in [1.165, 1.54) is 11.8 Å². The quantitative estimate of drug-likeness (QED) is 0.644.